The van der Waals surface area contributed by atoms with Gasteiger partial charge in [-0.15, -0.1) is 0 Å². The molecule has 0 fully saturated rings. The van der Waals surface area contributed by atoms with Crippen LogP contribution in [-0.2, 0) is 25.6 Å². The van der Waals surface area contributed by atoms with Gasteiger partial charge in [0.15, 0.2) is 0 Å². The van der Waals surface area contributed by atoms with E-state index in [1.54, 1.807) is 0 Å². The van der Waals surface area contributed by atoms with Crippen molar-refractivity contribution in [1.82, 2.24) is 25.9 Å². The lowest BCUT2D eigenvalue weighted by Crippen LogP contribution is -2.57. The van der Waals surface area contributed by atoms with E-state index in [-0.39, 0.29) is 12.2 Å². The Morgan fingerprint density at radius 1 is 1.17 bits per heavy atom. The first-order chi connectivity index (χ1) is 14.2. The number of rotatable bonds is 13. The zero-order valence-electron chi connectivity index (χ0n) is 16.8. The number of nitrogens with two attached hydrogens (primary N) is 1. The van der Waals surface area contributed by atoms with E-state index < -0.39 is 47.9 Å². The average molecular weight is 461 g/mol. The molecule has 1 rings (SSSR count). The van der Waals surface area contributed by atoms with E-state index in [9.17, 15) is 24.3 Å². The van der Waals surface area contributed by atoms with Crippen molar-refractivity contribution in [1.29, 1.82) is 0 Å². The highest BCUT2D eigenvalue weighted by molar-refractivity contribution is 7.98. The van der Waals surface area contributed by atoms with Gasteiger partial charge in [0.25, 0.3) is 0 Å². The topological polar surface area (TPSA) is 179 Å². The summed E-state index contributed by atoms with van der Waals surface area (Å²) in [6.45, 7) is 1.49. The molecule has 0 bridgehead atoms. The standard InChI is InChI=1S/C17H28N6O5S2/c1-9(18)14(24)21-11(3-4-30-2)15(25)23-13(7-29)16(26)22-12(17(27)28)5-10-6-19-8-20-10/h6,8-9,11-13,29H,3-5,7,18H2,1-2H3,(H,19,20)(H,21,24)(H,22,26)(H,23,25)(H,27,28). The molecule has 7 N–H and O–H groups in total. The third-order valence-electron chi connectivity index (χ3n) is 4.07. The molecule has 30 heavy (non-hydrogen) atoms. The van der Waals surface area contributed by atoms with Gasteiger partial charge in [0.1, 0.15) is 18.1 Å². The number of hydrogen-bond acceptors (Lipinski definition) is 8. The molecule has 0 aliphatic rings. The Balaban J connectivity index is 2.79. The van der Waals surface area contributed by atoms with E-state index in [0.717, 1.165) is 0 Å². The molecule has 1 aromatic rings. The van der Waals surface area contributed by atoms with Crippen LogP contribution >= 0.6 is 24.4 Å². The molecule has 4 atom stereocenters. The predicted molar refractivity (Wildman–Crippen MR) is 116 cm³/mol. The number of thioether (sulfide) groups is 1. The molecule has 0 aliphatic carbocycles. The zero-order valence-corrected chi connectivity index (χ0v) is 18.5. The molecular weight excluding hydrogens is 432 g/mol. The number of amides is 3. The normalized spacial score (nSPS) is 14.8. The van der Waals surface area contributed by atoms with Gasteiger partial charge in [-0.25, -0.2) is 9.78 Å². The number of carboxylic acids is 1. The number of H-pyrrole nitrogens is 1. The van der Waals surface area contributed by atoms with E-state index in [1.807, 2.05) is 6.26 Å². The fraction of sp³-hybridized carbons (Fsp3) is 0.588. The van der Waals surface area contributed by atoms with E-state index in [4.69, 9.17) is 5.73 Å². The van der Waals surface area contributed by atoms with Crippen molar-refractivity contribution in [2.24, 2.45) is 5.73 Å². The Bertz CT molecular complexity index is 716. The number of imidazole rings is 1. The van der Waals surface area contributed by atoms with E-state index >= 15 is 0 Å². The van der Waals surface area contributed by atoms with Gasteiger partial charge >= 0.3 is 5.97 Å². The monoisotopic (exact) mass is 460 g/mol. The minimum atomic E-state index is -1.23. The quantitative estimate of drug-likeness (QED) is 0.174. The largest absolute Gasteiger partial charge is 0.480 e. The zero-order chi connectivity index (χ0) is 22.7. The number of aromatic nitrogens is 2. The maximum absolute atomic E-state index is 12.6. The van der Waals surface area contributed by atoms with Crippen molar-refractivity contribution in [3.63, 3.8) is 0 Å². The summed E-state index contributed by atoms with van der Waals surface area (Å²) in [7, 11) is 0. The Hall–Kier alpha value is -2.25. The predicted octanol–water partition coefficient (Wildman–Crippen LogP) is -1.48. The van der Waals surface area contributed by atoms with Crippen LogP contribution < -0.4 is 21.7 Å². The first-order valence-electron chi connectivity index (χ1n) is 9.16. The number of aromatic amines is 1. The van der Waals surface area contributed by atoms with Gasteiger partial charge in [-0.2, -0.15) is 24.4 Å². The molecule has 0 saturated carbocycles. The van der Waals surface area contributed by atoms with Crippen molar-refractivity contribution >= 4 is 48.1 Å². The van der Waals surface area contributed by atoms with Crippen LogP contribution in [-0.4, -0.2) is 80.7 Å². The number of thiol groups is 1. The molecule has 0 saturated heterocycles. The molecule has 0 aromatic carbocycles. The summed E-state index contributed by atoms with van der Waals surface area (Å²) >= 11 is 5.58. The molecule has 4 unspecified atom stereocenters. The van der Waals surface area contributed by atoms with Crippen molar-refractivity contribution in [3.05, 3.63) is 18.2 Å². The molecule has 1 aromatic heterocycles. The van der Waals surface area contributed by atoms with E-state index in [1.165, 1.54) is 31.2 Å². The molecule has 0 spiro atoms. The number of carbonyl (C=O) groups excluding carboxylic acids is 3. The summed E-state index contributed by atoms with van der Waals surface area (Å²) in [5, 5.41) is 16.8. The summed E-state index contributed by atoms with van der Waals surface area (Å²) in [6.07, 6.45) is 5.05. The second-order valence-electron chi connectivity index (χ2n) is 6.56. The van der Waals surface area contributed by atoms with Crippen molar-refractivity contribution in [2.75, 3.05) is 17.8 Å². The van der Waals surface area contributed by atoms with Gasteiger partial charge in [-0.05, 0) is 25.4 Å². The van der Waals surface area contributed by atoms with Crippen LogP contribution in [0.3, 0.4) is 0 Å². The van der Waals surface area contributed by atoms with E-state index in [2.05, 4.69) is 38.5 Å². The van der Waals surface area contributed by atoms with Gasteiger partial charge in [0.05, 0.1) is 12.4 Å². The fourth-order valence-corrected chi connectivity index (χ4v) is 3.09. The van der Waals surface area contributed by atoms with Crippen LogP contribution in [0, 0.1) is 0 Å². The Labute approximate surface area is 184 Å². The van der Waals surface area contributed by atoms with Gasteiger partial charge in [-0.1, -0.05) is 0 Å². The number of nitrogens with zero attached hydrogens (tertiary/aromatic N) is 1. The lowest BCUT2D eigenvalue weighted by molar-refractivity contribution is -0.142. The summed E-state index contributed by atoms with van der Waals surface area (Å²) in [5.41, 5.74) is 6.07. The minimum Gasteiger partial charge on any atom is -0.480 e. The third kappa shape index (κ3) is 8.63. The molecular formula is C17H28N6O5S2. The average Bonchev–Trinajstić information content (AvgIpc) is 3.21. The summed E-state index contributed by atoms with van der Waals surface area (Å²) in [5.74, 6) is -2.47. The van der Waals surface area contributed by atoms with Crippen molar-refractivity contribution in [2.45, 2.75) is 43.9 Å². The van der Waals surface area contributed by atoms with Crippen LogP contribution in [0.2, 0.25) is 0 Å². The second-order valence-corrected chi connectivity index (χ2v) is 7.91. The smallest absolute Gasteiger partial charge is 0.326 e. The van der Waals surface area contributed by atoms with Crippen molar-refractivity contribution in [3.8, 4) is 0 Å². The fourth-order valence-electron chi connectivity index (χ4n) is 2.36. The molecule has 168 valence electrons. The first kappa shape index (κ1) is 25.8. The van der Waals surface area contributed by atoms with Crippen LogP contribution in [0.1, 0.15) is 19.0 Å². The number of carboxylic acid groups (broad SMARTS) is 1. The second kappa shape index (κ2) is 13.1. The van der Waals surface area contributed by atoms with Crippen LogP contribution in [0.4, 0.5) is 0 Å². The maximum Gasteiger partial charge on any atom is 0.326 e. The molecule has 0 radical (unpaired) electrons. The molecule has 0 aliphatic heterocycles. The Kier molecular flexibility index (Phi) is 11.3. The van der Waals surface area contributed by atoms with Crippen LogP contribution in [0.15, 0.2) is 12.5 Å². The molecule has 3 amide bonds. The summed E-state index contributed by atoms with van der Waals surface area (Å²) in [6, 6.07) is -3.99. The lowest BCUT2D eigenvalue weighted by atomic mass is 10.1. The number of hydrogen-bond donors (Lipinski definition) is 7. The Morgan fingerprint density at radius 2 is 1.77 bits per heavy atom. The minimum absolute atomic E-state index is 0.00486. The third-order valence-corrected chi connectivity index (χ3v) is 5.08. The van der Waals surface area contributed by atoms with Gasteiger partial charge in [0, 0.05) is 24.1 Å². The highest BCUT2D eigenvalue weighted by Gasteiger charge is 2.29. The van der Waals surface area contributed by atoms with Gasteiger partial charge in [-0.3, -0.25) is 14.4 Å². The number of nitrogens with one attached hydrogen (secondary N) is 4. The summed E-state index contributed by atoms with van der Waals surface area (Å²) in [4.78, 5) is 55.1. The summed E-state index contributed by atoms with van der Waals surface area (Å²) < 4.78 is 0. The first-order valence-corrected chi connectivity index (χ1v) is 11.2. The highest BCUT2D eigenvalue weighted by atomic mass is 32.2. The Morgan fingerprint density at radius 3 is 2.27 bits per heavy atom. The SMILES string of the molecule is CSCCC(NC(=O)C(C)N)C(=O)NC(CS)C(=O)NC(Cc1cnc[nH]1)C(=O)O. The van der Waals surface area contributed by atoms with E-state index in [0.29, 0.717) is 17.9 Å². The highest BCUT2D eigenvalue weighted by Crippen LogP contribution is 2.04. The van der Waals surface area contributed by atoms with Gasteiger partial charge < -0.3 is 31.8 Å². The number of aliphatic carboxylic acids is 1. The van der Waals surface area contributed by atoms with Crippen molar-refractivity contribution < 1.29 is 24.3 Å². The van der Waals surface area contributed by atoms with Gasteiger partial charge in [0.2, 0.25) is 17.7 Å². The molecule has 13 heteroatoms. The van der Waals surface area contributed by atoms with Crippen LogP contribution in [0.25, 0.3) is 0 Å². The number of carbonyl (C=O) groups is 4. The van der Waals surface area contributed by atoms with Crippen LogP contribution in [0.5, 0.6) is 0 Å². The molecule has 1 heterocycles. The molecule has 11 nitrogen and oxygen atoms in total. The maximum atomic E-state index is 12.6. The lowest BCUT2D eigenvalue weighted by Gasteiger charge is -2.24.